The molecule has 2 saturated heterocycles. The lowest BCUT2D eigenvalue weighted by Crippen LogP contribution is -2.29. The molecule has 0 aliphatic carbocycles. The molecule has 4 nitrogen and oxygen atoms in total. The highest BCUT2D eigenvalue weighted by Crippen LogP contribution is 2.44. The van der Waals surface area contributed by atoms with Gasteiger partial charge < -0.3 is 4.90 Å². The smallest absolute Gasteiger partial charge is 0.132 e. The minimum Gasteiger partial charge on any atom is -0.356 e. The summed E-state index contributed by atoms with van der Waals surface area (Å²) in [6.45, 7) is 7.24. The zero-order valence-electron chi connectivity index (χ0n) is 15.8. The first-order valence-electron chi connectivity index (χ1n) is 9.60. The van der Waals surface area contributed by atoms with E-state index in [-0.39, 0.29) is 11.9 Å². The van der Waals surface area contributed by atoms with Gasteiger partial charge in [-0.1, -0.05) is 19.1 Å². The Balaban J connectivity index is 1.58. The molecule has 5 heteroatoms. The largest absolute Gasteiger partial charge is 0.356 e. The molecule has 0 amide bonds. The van der Waals surface area contributed by atoms with E-state index in [1.54, 1.807) is 6.07 Å². The van der Waals surface area contributed by atoms with Crippen molar-refractivity contribution in [2.45, 2.75) is 32.7 Å². The standard InChI is InChI=1S/C21H27FN4/c1-4-6-19-23-14(2)9-20(24-19)26-12-16-11-25(3)21(18(16)13-26)15-7-5-8-17(22)10-15/h5,7-10,16,18,21H,4,6,11-13H2,1-3H3/t16-,18+,21-/m0/s1. The molecule has 0 N–H and O–H groups in total. The first kappa shape index (κ1) is 17.4. The van der Waals surface area contributed by atoms with Gasteiger partial charge in [0.1, 0.15) is 17.5 Å². The summed E-state index contributed by atoms with van der Waals surface area (Å²) in [6, 6.07) is 9.48. The normalized spacial score (nSPS) is 25.7. The monoisotopic (exact) mass is 354 g/mol. The van der Waals surface area contributed by atoms with Crippen LogP contribution in [0.4, 0.5) is 10.2 Å². The van der Waals surface area contributed by atoms with Crippen molar-refractivity contribution in [2.75, 3.05) is 31.6 Å². The summed E-state index contributed by atoms with van der Waals surface area (Å²) in [6.07, 6.45) is 1.98. The molecule has 26 heavy (non-hydrogen) atoms. The third-order valence-electron chi connectivity index (χ3n) is 5.77. The third-order valence-corrected chi connectivity index (χ3v) is 5.77. The molecule has 2 aliphatic heterocycles. The molecule has 2 fully saturated rings. The van der Waals surface area contributed by atoms with Gasteiger partial charge in [-0.3, -0.25) is 4.90 Å². The second-order valence-corrected chi connectivity index (χ2v) is 7.80. The summed E-state index contributed by atoms with van der Waals surface area (Å²) in [5.41, 5.74) is 2.13. The van der Waals surface area contributed by atoms with E-state index in [4.69, 9.17) is 4.98 Å². The predicted molar refractivity (Wildman–Crippen MR) is 102 cm³/mol. The van der Waals surface area contributed by atoms with E-state index in [1.165, 1.54) is 6.07 Å². The van der Waals surface area contributed by atoms with Gasteiger partial charge in [-0.15, -0.1) is 0 Å². The summed E-state index contributed by atoms with van der Waals surface area (Å²) >= 11 is 0. The number of aryl methyl sites for hydroxylation is 2. The van der Waals surface area contributed by atoms with E-state index in [2.05, 4.69) is 40.9 Å². The quantitative estimate of drug-likeness (QED) is 0.839. The number of likely N-dealkylation sites (tertiary alicyclic amines) is 1. The minimum absolute atomic E-state index is 0.148. The molecular formula is C21H27FN4. The fraction of sp³-hybridized carbons (Fsp3) is 0.524. The zero-order valence-corrected chi connectivity index (χ0v) is 15.8. The Morgan fingerprint density at radius 1 is 1.15 bits per heavy atom. The van der Waals surface area contributed by atoms with Gasteiger partial charge in [0.2, 0.25) is 0 Å². The van der Waals surface area contributed by atoms with E-state index in [0.29, 0.717) is 11.8 Å². The average Bonchev–Trinajstić information content (AvgIpc) is 3.11. The Hall–Kier alpha value is -2.01. The number of nitrogens with zero attached hydrogens (tertiary/aromatic N) is 4. The Morgan fingerprint density at radius 3 is 2.77 bits per heavy atom. The van der Waals surface area contributed by atoms with Crippen molar-refractivity contribution in [1.29, 1.82) is 0 Å². The molecule has 0 saturated carbocycles. The highest BCUT2D eigenvalue weighted by molar-refractivity contribution is 5.42. The predicted octanol–water partition coefficient (Wildman–Crippen LogP) is 3.62. The molecule has 1 aromatic carbocycles. The molecule has 0 radical (unpaired) electrons. The number of rotatable bonds is 4. The van der Waals surface area contributed by atoms with Crippen molar-refractivity contribution in [1.82, 2.24) is 14.9 Å². The number of fused-ring (bicyclic) bond motifs is 1. The van der Waals surface area contributed by atoms with Crippen molar-refractivity contribution in [2.24, 2.45) is 11.8 Å². The second kappa shape index (κ2) is 6.95. The fourth-order valence-corrected chi connectivity index (χ4v) is 4.75. The third kappa shape index (κ3) is 3.20. The number of benzene rings is 1. The first-order valence-corrected chi connectivity index (χ1v) is 9.60. The fourth-order valence-electron chi connectivity index (χ4n) is 4.75. The van der Waals surface area contributed by atoms with Crippen LogP contribution in [-0.4, -0.2) is 41.5 Å². The maximum Gasteiger partial charge on any atom is 0.132 e. The van der Waals surface area contributed by atoms with Crippen LogP contribution in [0.15, 0.2) is 30.3 Å². The molecule has 1 aromatic heterocycles. The first-order chi connectivity index (χ1) is 12.5. The second-order valence-electron chi connectivity index (χ2n) is 7.80. The van der Waals surface area contributed by atoms with Crippen LogP contribution >= 0.6 is 0 Å². The summed E-state index contributed by atoms with van der Waals surface area (Å²) in [7, 11) is 2.16. The van der Waals surface area contributed by atoms with Gasteiger partial charge in [-0.05, 0) is 44.0 Å². The number of anilines is 1. The maximum atomic E-state index is 13.7. The molecule has 138 valence electrons. The Bertz CT molecular complexity index is 793. The van der Waals surface area contributed by atoms with Crippen LogP contribution in [-0.2, 0) is 6.42 Å². The van der Waals surface area contributed by atoms with Crippen LogP contribution in [0.2, 0.25) is 0 Å². The van der Waals surface area contributed by atoms with E-state index in [9.17, 15) is 4.39 Å². The Labute approximate surface area is 155 Å². The number of aromatic nitrogens is 2. The summed E-state index contributed by atoms with van der Waals surface area (Å²) in [5.74, 6) is 2.95. The Morgan fingerprint density at radius 2 is 2.00 bits per heavy atom. The molecule has 3 heterocycles. The van der Waals surface area contributed by atoms with Gasteiger partial charge in [-0.25, -0.2) is 14.4 Å². The molecule has 2 aliphatic rings. The molecule has 4 rings (SSSR count). The summed E-state index contributed by atoms with van der Waals surface area (Å²) in [4.78, 5) is 14.2. The zero-order chi connectivity index (χ0) is 18.3. The average molecular weight is 354 g/mol. The van der Waals surface area contributed by atoms with Gasteiger partial charge >= 0.3 is 0 Å². The van der Waals surface area contributed by atoms with Crippen LogP contribution < -0.4 is 4.90 Å². The van der Waals surface area contributed by atoms with Crippen molar-refractivity contribution in [3.8, 4) is 0 Å². The van der Waals surface area contributed by atoms with Crippen molar-refractivity contribution in [3.63, 3.8) is 0 Å². The lowest BCUT2D eigenvalue weighted by atomic mass is 9.89. The van der Waals surface area contributed by atoms with Crippen LogP contribution in [0.5, 0.6) is 0 Å². The van der Waals surface area contributed by atoms with Gasteiger partial charge in [-0.2, -0.15) is 0 Å². The minimum atomic E-state index is -0.148. The molecule has 2 aromatic rings. The van der Waals surface area contributed by atoms with Crippen LogP contribution in [0.1, 0.15) is 36.5 Å². The number of hydrogen-bond acceptors (Lipinski definition) is 4. The maximum absolute atomic E-state index is 13.7. The van der Waals surface area contributed by atoms with E-state index in [0.717, 1.165) is 55.4 Å². The van der Waals surface area contributed by atoms with Gasteiger partial charge in [0, 0.05) is 49.8 Å². The highest BCUT2D eigenvalue weighted by atomic mass is 19.1. The molecule has 0 unspecified atom stereocenters. The lowest BCUT2D eigenvalue weighted by molar-refractivity contribution is 0.279. The van der Waals surface area contributed by atoms with Crippen molar-refractivity contribution in [3.05, 3.63) is 53.2 Å². The summed E-state index contributed by atoms with van der Waals surface area (Å²) in [5, 5.41) is 0. The number of hydrogen-bond donors (Lipinski definition) is 0. The SMILES string of the molecule is CCCc1nc(C)cc(N2C[C@@H]3CN(C)[C@@H](c4cccc(F)c4)[C@@H]3C2)n1. The van der Waals surface area contributed by atoms with Crippen LogP contribution in [0, 0.1) is 24.6 Å². The van der Waals surface area contributed by atoms with Gasteiger partial charge in [0.05, 0.1) is 0 Å². The van der Waals surface area contributed by atoms with Crippen LogP contribution in [0.3, 0.4) is 0 Å². The van der Waals surface area contributed by atoms with Crippen LogP contribution in [0.25, 0.3) is 0 Å². The molecule has 0 bridgehead atoms. The van der Waals surface area contributed by atoms with E-state index in [1.807, 2.05) is 13.0 Å². The number of halogens is 1. The summed E-state index contributed by atoms with van der Waals surface area (Å²) < 4.78 is 13.7. The molecular weight excluding hydrogens is 327 g/mol. The Kier molecular flexibility index (Phi) is 4.65. The molecule has 3 atom stereocenters. The van der Waals surface area contributed by atoms with Crippen molar-refractivity contribution >= 4 is 5.82 Å². The highest BCUT2D eigenvalue weighted by Gasteiger charge is 2.46. The topological polar surface area (TPSA) is 32.3 Å². The van der Waals surface area contributed by atoms with E-state index < -0.39 is 0 Å². The van der Waals surface area contributed by atoms with Gasteiger partial charge in [0.15, 0.2) is 0 Å². The lowest BCUT2D eigenvalue weighted by Gasteiger charge is -2.27. The molecule has 0 spiro atoms. The van der Waals surface area contributed by atoms with Crippen molar-refractivity contribution < 1.29 is 4.39 Å². The van der Waals surface area contributed by atoms with E-state index >= 15 is 0 Å². The van der Waals surface area contributed by atoms with Gasteiger partial charge in [0.25, 0.3) is 0 Å².